The summed E-state index contributed by atoms with van der Waals surface area (Å²) in [6.07, 6.45) is 6.95. The molecule has 1 heterocycles. The molecule has 0 bridgehead atoms. The van der Waals surface area contributed by atoms with Crippen LogP contribution in [0.5, 0.6) is 0 Å². The van der Waals surface area contributed by atoms with Gasteiger partial charge in [0.1, 0.15) is 0 Å². The molecular weight excluding hydrogens is 246 g/mol. The van der Waals surface area contributed by atoms with Crippen molar-refractivity contribution < 1.29 is 0 Å². The standard InChI is InChI=1S/C17H35N3/c1-14-5-6-17(18-2)16(11-14)13-20(4)12-15-7-9-19(3)10-8-15/h14-18H,5-13H2,1-4H3. The van der Waals surface area contributed by atoms with E-state index < -0.39 is 0 Å². The number of rotatable bonds is 5. The smallest absolute Gasteiger partial charge is 0.0105 e. The Bertz CT molecular complexity index is 273. The van der Waals surface area contributed by atoms with E-state index >= 15 is 0 Å². The van der Waals surface area contributed by atoms with Gasteiger partial charge in [0.05, 0.1) is 0 Å². The SMILES string of the molecule is CNC1CCC(C)CC1CN(C)CC1CCN(C)CC1. The lowest BCUT2D eigenvalue weighted by molar-refractivity contribution is 0.132. The van der Waals surface area contributed by atoms with E-state index in [1.807, 2.05) is 0 Å². The molecule has 3 atom stereocenters. The Hall–Kier alpha value is -0.120. The Balaban J connectivity index is 1.76. The van der Waals surface area contributed by atoms with E-state index in [9.17, 15) is 0 Å². The average molecular weight is 281 g/mol. The van der Waals surface area contributed by atoms with Crippen molar-refractivity contribution in [3.8, 4) is 0 Å². The predicted octanol–water partition coefficient (Wildman–Crippen LogP) is 2.28. The van der Waals surface area contributed by atoms with Gasteiger partial charge in [-0.05, 0) is 84.1 Å². The van der Waals surface area contributed by atoms with Crippen molar-refractivity contribution in [2.45, 2.75) is 45.1 Å². The summed E-state index contributed by atoms with van der Waals surface area (Å²) in [5, 5.41) is 3.56. The molecule has 0 radical (unpaired) electrons. The van der Waals surface area contributed by atoms with Crippen LogP contribution in [0.4, 0.5) is 0 Å². The van der Waals surface area contributed by atoms with E-state index in [-0.39, 0.29) is 0 Å². The lowest BCUT2D eigenvalue weighted by atomic mass is 9.78. The fraction of sp³-hybridized carbons (Fsp3) is 1.00. The normalized spacial score (nSPS) is 33.8. The molecule has 0 amide bonds. The second-order valence-electron chi connectivity index (χ2n) is 7.54. The molecule has 0 aromatic heterocycles. The summed E-state index contributed by atoms with van der Waals surface area (Å²) in [6, 6.07) is 0.742. The van der Waals surface area contributed by atoms with Crippen LogP contribution in [0.15, 0.2) is 0 Å². The zero-order chi connectivity index (χ0) is 14.5. The van der Waals surface area contributed by atoms with Crippen LogP contribution in [0.2, 0.25) is 0 Å². The second-order valence-corrected chi connectivity index (χ2v) is 7.54. The Morgan fingerprint density at radius 1 is 1.10 bits per heavy atom. The van der Waals surface area contributed by atoms with Crippen molar-refractivity contribution >= 4 is 0 Å². The maximum Gasteiger partial charge on any atom is 0.0105 e. The Morgan fingerprint density at radius 2 is 1.80 bits per heavy atom. The highest BCUT2D eigenvalue weighted by Gasteiger charge is 2.29. The van der Waals surface area contributed by atoms with Gasteiger partial charge in [-0.1, -0.05) is 6.92 Å². The first-order valence-corrected chi connectivity index (χ1v) is 8.62. The molecular formula is C17H35N3. The number of nitrogens with zero attached hydrogens (tertiary/aromatic N) is 2. The van der Waals surface area contributed by atoms with Crippen molar-refractivity contribution in [2.75, 3.05) is 47.3 Å². The minimum Gasteiger partial charge on any atom is -0.317 e. The predicted molar refractivity (Wildman–Crippen MR) is 87.1 cm³/mol. The van der Waals surface area contributed by atoms with Crippen molar-refractivity contribution in [3.05, 3.63) is 0 Å². The van der Waals surface area contributed by atoms with Crippen molar-refractivity contribution in [1.29, 1.82) is 0 Å². The Labute approximate surface area is 126 Å². The Kier molecular flexibility index (Phi) is 6.31. The molecule has 20 heavy (non-hydrogen) atoms. The van der Waals surface area contributed by atoms with Gasteiger partial charge in [0, 0.05) is 19.1 Å². The summed E-state index contributed by atoms with van der Waals surface area (Å²) in [5.74, 6) is 2.69. The summed E-state index contributed by atoms with van der Waals surface area (Å²) in [7, 11) is 6.73. The highest BCUT2D eigenvalue weighted by atomic mass is 15.1. The molecule has 2 fully saturated rings. The van der Waals surface area contributed by atoms with Crippen LogP contribution in [0, 0.1) is 17.8 Å². The van der Waals surface area contributed by atoms with Crippen LogP contribution in [0.25, 0.3) is 0 Å². The number of nitrogens with one attached hydrogen (secondary N) is 1. The van der Waals surface area contributed by atoms with E-state index in [1.54, 1.807) is 0 Å². The molecule has 0 aromatic rings. The third kappa shape index (κ3) is 4.71. The number of hydrogen-bond acceptors (Lipinski definition) is 3. The van der Waals surface area contributed by atoms with Gasteiger partial charge in [-0.2, -0.15) is 0 Å². The first-order valence-electron chi connectivity index (χ1n) is 8.62. The van der Waals surface area contributed by atoms with Crippen LogP contribution in [-0.4, -0.2) is 63.2 Å². The molecule has 3 unspecified atom stereocenters. The van der Waals surface area contributed by atoms with Gasteiger partial charge < -0.3 is 15.1 Å². The zero-order valence-electron chi connectivity index (χ0n) is 14.1. The average Bonchev–Trinajstić information content (AvgIpc) is 2.41. The van der Waals surface area contributed by atoms with Crippen molar-refractivity contribution in [1.82, 2.24) is 15.1 Å². The highest BCUT2D eigenvalue weighted by molar-refractivity contribution is 4.85. The lowest BCUT2D eigenvalue weighted by Gasteiger charge is -2.38. The number of likely N-dealkylation sites (tertiary alicyclic amines) is 1. The lowest BCUT2D eigenvalue weighted by Crippen LogP contribution is -2.45. The summed E-state index contributed by atoms with van der Waals surface area (Å²) in [5.41, 5.74) is 0. The molecule has 2 aliphatic rings. The van der Waals surface area contributed by atoms with Gasteiger partial charge in [0.25, 0.3) is 0 Å². The van der Waals surface area contributed by atoms with Gasteiger partial charge in [-0.25, -0.2) is 0 Å². The van der Waals surface area contributed by atoms with E-state index in [0.29, 0.717) is 0 Å². The summed E-state index contributed by atoms with van der Waals surface area (Å²) in [6.45, 7) is 7.59. The molecule has 118 valence electrons. The van der Waals surface area contributed by atoms with Crippen LogP contribution >= 0.6 is 0 Å². The summed E-state index contributed by atoms with van der Waals surface area (Å²) >= 11 is 0. The van der Waals surface area contributed by atoms with Crippen LogP contribution in [-0.2, 0) is 0 Å². The summed E-state index contributed by atoms with van der Waals surface area (Å²) in [4.78, 5) is 5.08. The fourth-order valence-electron chi connectivity index (χ4n) is 4.24. The van der Waals surface area contributed by atoms with Gasteiger partial charge in [-0.15, -0.1) is 0 Å². The fourth-order valence-corrected chi connectivity index (χ4v) is 4.24. The van der Waals surface area contributed by atoms with Gasteiger partial charge in [-0.3, -0.25) is 0 Å². The van der Waals surface area contributed by atoms with E-state index in [1.165, 1.54) is 58.3 Å². The Morgan fingerprint density at radius 3 is 2.45 bits per heavy atom. The maximum atomic E-state index is 3.56. The molecule has 3 heteroatoms. The van der Waals surface area contributed by atoms with Crippen LogP contribution in [0.1, 0.15) is 39.0 Å². The van der Waals surface area contributed by atoms with Crippen molar-refractivity contribution in [3.63, 3.8) is 0 Å². The van der Waals surface area contributed by atoms with Gasteiger partial charge in [0.2, 0.25) is 0 Å². The third-order valence-corrected chi connectivity index (χ3v) is 5.57. The second kappa shape index (κ2) is 7.77. The van der Waals surface area contributed by atoms with E-state index in [2.05, 4.69) is 43.2 Å². The maximum absolute atomic E-state index is 3.56. The summed E-state index contributed by atoms with van der Waals surface area (Å²) < 4.78 is 0. The zero-order valence-corrected chi connectivity index (χ0v) is 14.1. The van der Waals surface area contributed by atoms with Gasteiger partial charge >= 0.3 is 0 Å². The van der Waals surface area contributed by atoms with Crippen LogP contribution < -0.4 is 5.32 Å². The molecule has 1 saturated heterocycles. The number of hydrogen-bond donors (Lipinski definition) is 1. The van der Waals surface area contributed by atoms with E-state index in [4.69, 9.17) is 0 Å². The molecule has 1 aliphatic heterocycles. The third-order valence-electron chi connectivity index (χ3n) is 5.57. The first kappa shape index (κ1) is 16.3. The molecule has 1 N–H and O–H groups in total. The van der Waals surface area contributed by atoms with Crippen LogP contribution in [0.3, 0.4) is 0 Å². The molecule has 2 rings (SSSR count). The van der Waals surface area contributed by atoms with E-state index in [0.717, 1.165) is 23.8 Å². The highest BCUT2D eigenvalue weighted by Crippen LogP contribution is 2.29. The largest absolute Gasteiger partial charge is 0.317 e. The topological polar surface area (TPSA) is 18.5 Å². The first-order chi connectivity index (χ1) is 9.58. The monoisotopic (exact) mass is 281 g/mol. The minimum absolute atomic E-state index is 0.742. The molecule has 1 aliphatic carbocycles. The molecule has 1 saturated carbocycles. The molecule has 0 aromatic carbocycles. The quantitative estimate of drug-likeness (QED) is 0.834. The number of piperidine rings is 1. The molecule has 3 nitrogen and oxygen atoms in total. The molecule has 0 spiro atoms. The minimum atomic E-state index is 0.742. The van der Waals surface area contributed by atoms with Crippen molar-refractivity contribution in [2.24, 2.45) is 17.8 Å². The van der Waals surface area contributed by atoms with Gasteiger partial charge in [0.15, 0.2) is 0 Å².